The summed E-state index contributed by atoms with van der Waals surface area (Å²) in [5.41, 5.74) is 8.63. The van der Waals surface area contributed by atoms with Gasteiger partial charge in [-0.05, 0) is 67.8 Å². The predicted octanol–water partition coefficient (Wildman–Crippen LogP) is 2.58. The summed E-state index contributed by atoms with van der Waals surface area (Å²) in [5.74, 6) is 0.360. The fourth-order valence-corrected chi connectivity index (χ4v) is 4.26. The molecular weight excluding hydrogens is 376 g/mol. The lowest BCUT2D eigenvalue weighted by molar-refractivity contribution is -0.123. The van der Waals surface area contributed by atoms with Crippen molar-refractivity contribution in [2.75, 3.05) is 13.1 Å². The first-order valence-electron chi connectivity index (χ1n) is 9.87. The monoisotopic (exact) mass is 400 g/mol. The number of halogens is 1. The Morgan fingerprint density at radius 1 is 1.32 bits per heavy atom. The van der Waals surface area contributed by atoms with Crippen molar-refractivity contribution in [3.8, 4) is 0 Å². The predicted molar refractivity (Wildman–Crippen MR) is 109 cm³/mol. The number of nitrogens with two attached hydrogens (primary N) is 1. The molecule has 2 aromatic heterocycles. The Hall–Kier alpha value is -2.18. The number of primary amides is 1. The number of piperidine rings is 1. The molecule has 1 amide bonds. The number of aromatic amines is 1. The van der Waals surface area contributed by atoms with Crippen molar-refractivity contribution in [2.24, 2.45) is 5.73 Å². The Morgan fingerprint density at radius 3 is 2.82 bits per heavy atom. The molecule has 0 aromatic carbocycles. The third kappa shape index (κ3) is 4.28. The summed E-state index contributed by atoms with van der Waals surface area (Å²) in [6.45, 7) is 1.58. The summed E-state index contributed by atoms with van der Waals surface area (Å²) in [7, 11) is 0. The molecule has 0 spiro atoms. The lowest BCUT2D eigenvalue weighted by atomic mass is 9.89. The van der Waals surface area contributed by atoms with Crippen LogP contribution in [-0.4, -0.2) is 39.9 Å². The zero-order valence-electron chi connectivity index (χ0n) is 15.7. The normalized spacial score (nSPS) is 21.4. The van der Waals surface area contributed by atoms with Crippen molar-refractivity contribution in [1.29, 1.82) is 0 Å². The molecule has 0 bridgehead atoms. The van der Waals surface area contributed by atoms with Crippen LogP contribution in [0.3, 0.4) is 0 Å². The number of nitrogens with one attached hydrogen (secondary N) is 1. The van der Waals surface area contributed by atoms with Gasteiger partial charge in [0.1, 0.15) is 0 Å². The third-order valence-corrected chi connectivity index (χ3v) is 6.08. The van der Waals surface area contributed by atoms with Crippen LogP contribution in [0, 0.1) is 0 Å². The zero-order valence-corrected chi connectivity index (χ0v) is 16.5. The highest BCUT2D eigenvalue weighted by atomic mass is 35.5. The van der Waals surface area contributed by atoms with E-state index >= 15 is 0 Å². The molecule has 1 saturated heterocycles. The maximum absolute atomic E-state index is 12.2. The van der Waals surface area contributed by atoms with E-state index < -0.39 is 6.04 Å². The first-order chi connectivity index (χ1) is 13.5. The average Bonchev–Trinajstić information content (AvgIpc) is 3.53. The van der Waals surface area contributed by atoms with Crippen molar-refractivity contribution in [3.63, 3.8) is 0 Å². The van der Waals surface area contributed by atoms with Crippen molar-refractivity contribution in [1.82, 2.24) is 14.9 Å². The summed E-state index contributed by atoms with van der Waals surface area (Å²) in [6, 6.07) is 5.29. The van der Waals surface area contributed by atoms with Gasteiger partial charge in [-0.2, -0.15) is 0 Å². The lowest BCUT2D eigenvalue weighted by Gasteiger charge is -2.37. The molecular formula is C21H25ClN4O2. The van der Waals surface area contributed by atoms with Gasteiger partial charge in [-0.3, -0.25) is 19.5 Å². The van der Waals surface area contributed by atoms with Crippen LogP contribution in [0.25, 0.3) is 0 Å². The highest BCUT2D eigenvalue weighted by Crippen LogP contribution is 2.39. The molecule has 6 nitrogen and oxygen atoms in total. The maximum atomic E-state index is 12.2. The number of nitrogens with zero attached hydrogens (tertiary/aromatic N) is 2. The van der Waals surface area contributed by atoms with E-state index in [1.54, 1.807) is 12.3 Å². The first-order valence-corrected chi connectivity index (χ1v) is 10.3. The molecule has 2 aromatic rings. The van der Waals surface area contributed by atoms with Gasteiger partial charge in [0.15, 0.2) is 0 Å². The Kier molecular flexibility index (Phi) is 5.51. The fraction of sp³-hybridized carbons (Fsp3) is 0.476. The van der Waals surface area contributed by atoms with Gasteiger partial charge in [-0.1, -0.05) is 11.6 Å². The Labute approximate surface area is 169 Å². The molecule has 28 heavy (non-hydrogen) atoms. The van der Waals surface area contributed by atoms with Gasteiger partial charge < -0.3 is 10.7 Å². The van der Waals surface area contributed by atoms with Crippen molar-refractivity contribution in [3.05, 3.63) is 62.8 Å². The van der Waals surface area contributed by atoms with E-state index in [1.807, 2.05) is 12.3 Å². The van der Waals surface area contributed by atoms with E-state index in [0.717, 1.165) is 55.6 Å². The summed E-state index contributed by atoms with van der Waals surface area (Å²) in [6.07, 6.45) is 8.12. The number of rotatable bonds is 6. The number of hydrogen-bond acceptors (Lipinski definition) is 4. The SMILES string of the molecule is NC(=O)C(Cc1ccc(Cl)cn1)N1CCC[C@@H](c2c[nH]c(=O)c(C3CC3)c2)C1. The lowest BCUT2D eigenvalue weighted by Crippen LogP contribution is -2.50. The van der Waals surface area contributed by atoms with Crippen LogP contribution in [-0.2, 0) is 11.2 Å². The summed E-state index contributed by atoms with van der Waals surface area (Å²) < 4.78 is 0. The molecule has 1 unspecified atom stereocenters. The second-order valence-corrected chi connectivity index (χ2v) is 8.35. The van der Waals surface area contributed by atoms with Crippen LogP contribution in [0.1, 0.15) is 54.3 Å². The molecule has 1 aliphatic heterocycles. The standard InChI is InChI=1S/C21H25ClN4O2/c22-16-5-6-17(24-11-16)9-19(20(23)27)26-7-1-2-14(12-26)15-8-18(13-3-4-13)21(28)25-10-15/h5-6,8,10-11,13-14,19H,1-4,7,9,12H2,(H2,23,27)(H,25,28)/t14-,19?/m1/s1. The highest BCUT2D eigenvalue weighted by Gasteiger charge is 2.32. The molecule has 4 rings (SSSR count). The molecule has 0 radical (unpaired) electrons. The van der Waals surface area contributed by atoms with E-state index in [-0.39, 0.29) is 17.4 Å². The van der Waals surface area contributed by atoms with Gasteiger partial charge in [-0.25, -0.2) is 0 Å². The number of amides is 1. The van der Waals surface area contributed by atoms with E-state index in [4.69, 9.17) is 17.3 Å². The summed E-state index contributed by atoms with van der Waals surface area (Å²) in [4.78, 5) is 33.7. The quantitative estimate of drug-likeness (QED) is 0.779. The van der Waals surface area contributed by atoms with Crippen LogP contribution < -0.4 is 11.3 Å². The van der Waals surface area contributed by atoms with Gasteiger partial charge in [0.2, 0.25) is 5.91 Å². The minimum Gasteiger partial charge on any atom is -0.368 e. The molecule has 2 fully saturated rings. The van der Waals surface area contributed by atoms with Crippen LogP contribution in [0.5, 0.6) is 0 Å². The van der Waals surface area contributed by atoms with Crippen molar-refractivity contribution < 1.29 is 4.79 Å². The van der Waals surface area contributed by atoms with Gasteiger partial charge in [-0.15, -0.1) is 0 Å². The molecule has 148 valence electrons. The Morgan fingerprint density at radius 2 is 2.14 bits per heavy atom. The second kappa shape index (κ2) is 8.05. The highest BCUT2D eigenvalue weighted by molar-refractivity contribution is 6.30. The van der Waals surface area contributed by atoms with Crippen LogP contribution in [0.15, 0.2) is 35.4 Å². The number of carbonyl (C=O) groups excluding carboxylic acids is 1. The topological polar surface area (TPSA) is 92.1 Å². The molecule has 3 N–H and O–H groups in total. The van der Waals surface area contributed by atoms with Crippen molar-refractivity contribution >= 4 is 17.5 Å². The van der Waals surface area contributed by atoms with E-state index in [2.05, 4.69) is 20.9 Å². The molecule has 1 saturated carbocycles. The zero-order chi connectivity index (χ0) is 19.7. The number of aromatic nitrogens is 2. The molecule has 2 aliphatic rings. The largest absolute Gasteiger partial charge is 0.368 e. The van der Waals surface area contributed by atoms with E-state index in [1.165, 1.54) is 0 Å². The molecule has 3 heterocycles. The minimum absolute atomic E-state index is 0.0303. The average molecular weight is 401 g/mol. The van der Waals surface area contributed by atoms with Gasteiger partial charge in [0, 0.05) is 36.6 Å². The summed E-state index contributed by atoms with van der Waals surface area (Å²) >= 11 is 5.91. The maximum Gasteiger partial charge on any atom is 0.251 e. The smallest absolute Gasteiger partial charge is 0.251 e. The van der Waals surface area contributed by atoms with Crippen LogP contribution in [0.4, 0.5) is 0 Å². The van der Waals surface area contributed by atoms with E-state index in [0.29, 0.717) is 17.4 Å². The van der Waals surface area contributed by atoms with E-state index in [9.17, 15) is 9.59 Å². The van der Waals surface area contributed by atoms with Gasteiger partial charge in [0.25, 0.3) is 5.56 Å². The number of H-pyrrole nitrogens is 1. The Balaban J connectivity index is 1.51. The fourth-order valence-electron chi connectivity index (χ4n) is 4.15. The van der Waals surface area contributed by atoms with Gasteiger partial charge >= 0.3 is 0 Å². The Bertz CT molecular complexity index is 907. The van der Waals surface area contributed by atoms with Gasteiger partial charge in [0.05, 0.1) is 11.1 Å². The number of hydrogen-bond donors (Lipinski definition) is 2. The number of likely N-dealkylation sites (tertiary alicyclic amines) is 1. The summed E-state index contributed by atoms with van der Waals surface area (Å²) in [5, 5.41) is 0.571. The second-order valence-electron chi connectivity index (χ2n) is 7.92. The molecule has 2 atom stereocenters. The minimum atomic E-state index is -0.401. The molecule has 7 heteroatoms. The third-order valence-electron chi connectivity index (χ3n) is 5.86. The number of carbonyl (C=O) groups is 1. The van der Waals surface area contributed by atoms with Crippen molar-refractivity contribution in [2.45, 2.75) is 50.0 Å². The molecule has 1 aliphatic carbocycles. The first kappa shape index (κ1) is 19.2. The number of pyridine rings is 2. The van der Waals surface area contributed by atoms with Crippen LogP contribution in [0.2, 0.25) is 5.02 Å². The van der Waals surface area contributed by atoms with Crippen LogP contribution >= 0.6 is 11.6 Å².